The molecule has 0 aliphatic carbocycles. The standard InChI is InChI=1S/C8H14N4.ClH/c1-3-4(2)6(10)8(12)7(11)5(3)9;/h9-12H2,1-2H3;1H. The summed E-state index contributed by atoms with van der Waals surface area (Å²) < 4.78 is 0. The first kappa shape index (κ1) is 11.7. The number of nitrogen functional groups attached to an aromatic ring is 4. The summed E-state index contributed by atoms with van der Waals surface area (Å²) >= 11 is 0. The summed E-state index contributed by atoms with van der Waals surface area (Å²) in [4.78, 5) is 0. The molecule has 0 aliphatic heterocycles. The van der Waals surface area contributed by atoms with Gasteiger partial charge in [0.25, 0.3) is 0 Å². The Morgan fingerprint density at radius 3 is 1.08 bits per heavy atom. The molecule has 0 aliphatic rings. The lowest BCUT2D eigenvalue weighted by Crippen LogP contribution is -2.07. The monoisotopic (exact) mass is 202 g/mol. The Bertz CT molecular complexity index is 230. The highest BCUT2D eigenvalue weighted by atomic mass is 35.5. The van der Waals surface area contributed by atoms with Crippen LogP contribution in [-0.2, 0) is 0 Å². The largest absolute Gasteiger partial charge is 0.397 e. The fraction of sp³-hybridized carbons (Fsp3) is 0.250. The van der Waals surface area contributed by atoms with Crippen LogP contribution in [0.3, 0.4) is 0 Å². The molecule has 4 nitrogen and oxygen atoms in total. The average molecular weight is 203 g/mol. The fourth-order valence-electron chi connectivity index (χ4n) is 1.10. The summed E-state index contributed by atoms with van der Waals surface area (Å²) in [5.74, 6) is 0. The van der Waals surface area contributed by atoms with E-state index in [1.807, 2.05) is 13.8 Å². The van der Waals surface area contributed by atoms with Gasteiger partial charge < -0.3 is 22.9 Å². The maximum atomic E-state index is 5.69. The molecule has 0 atom stereocenters. The number of halogens is 1. The van der Waals surface area contributed by atoms with Crippen molar-refractivity contribution < 1.29 is 0 Å². The lowest BCUT2D eigenvalue weighted by Gasteiger charge is -2.13. The van der Waals surface area contributed by atoms with E-state index in [1.54, 1.807) is 0 Å². The predicted molar refractivity (Wildman–Crippen MR) is 60.8 cm³/mol. The fourth-order valence-corrected chi connectivity index (χ4v) is 1.10. The maximum Gasteiger partial charge on any atom is 0.0805 e. The quantitative estimate of drug-likeness (QED) is 0.472. The molecule has 1 aromatic rings. The highest BCUT2D eigenvalue weighted by Gasteiger charge is 2.10. The Morgan fingerprint density at radius 1 is 0.615 bits per heavy atom. The van der Waals surface area contributed by atoms with Crippen molar-refractivity contribution in [3.8, 4) is 0 Å². The molecule has 13 heavy (non-hydrogen) atoms. The molecule has 1 aromatic carbocycles. The van der Waals surface area contributed by atoms with Crippen LogP contribution in [0.2, 0.25) is 0 Å². The van der Waals surface area contributed by atoms with Gasteiger partial charge in [-0.3, -0.25) is 0 Å². The minimum absolute atomic E-state index is 0. The molecular weight excluding hydrogens is 188 g/mol. The van der Waals surface area contributed by atoms with E-state index in [0.29, 0.717) is 22.7 Å². The van der Waals surface area contributed by atoms with Gasteiger partial charge in [0.15, 0.2) is 0 Å². The Hall–Kier alpha value is -1.29. The Kier molecular flexibility index (Phi) is 3.26. The molecular formula is C8H15ClN4. The molecule has 0 amide bonds. The van der Waals surface area contributed by atoms with Gasteiger partial charge in [-0.05, 0) is 25.0 Å². The SMILES string of the molecule is Cc1c(C)c(N)c(N)c(N)c1N.Cl. The Labute approximate surface area is 83.7 Å². The number of benzene rings is 1. The average Bonchev–Trinajstić information content (AvgIpc) is 2.08. The van der Waals surface area contributed by atoms with Crippen molar-refractivity contribution in [1.29, 1.82) is 0 Å². The van der Waals surface area contributed by atoms with Crippen LogP contribution in [-0.4, -0.2) is 0 Å². The Balaban J connectivity index is 0.00000144. The van der Waals surface area contributed by atoms with E-state index in [1.165, 1.54) is 0 Å². The third kappa shape index (κ3) is 1.58. The van der Waals surface area contributed by atoms with Crippen LogP contribution >= 0.6 is 12.4 Å². The van der Waals surface area contributed by atoms with Gasteiger partial charge in [0.1, 0.15) is 0 Å². The van der Waals surface area contributed by atoms with Crippen molar-refractivity contribution in [1.82, 2.24) is 0 Å². The molecule has 0 bridgehead atoms. The van der Waals surface area contributed by atoms with Gasteiger partial charge in [-0.1, -0.05) is 0 Å². The molecule has 0 spiro atoms. The highest BCUT2D eigenvalue weighted by Crippen LogP contribution is 2.35. The van der Waals surface area contributed by atoms with Crippen molar-refractivity contribution in [2.75, 3.05) is 22.9 Å². The predicted octanol–water partition coefficient (Wildman–Crippen LogP) is 1.05. The summed E-state index contributed by atoms with van der Waals surface area (Å²) in [6.07, 6.45) is 0. The summed E-state index contributed by atoms with van der Waals surface area (Å²) in [6.45, 7) is 3.74. The van der Waals surface area contributed by atoms with E-state index in [2.05, 4.69) is 0 Å². The smallest absolute Gasteiger partial charge is 0.0805 e. The third-order valence-electron chi connectivity index (χ3n) is 2.24. The molecule has 1 rings (SSSR count). The molecule has 0 heterocycles. The van der Waals surface area contributed by atoms with E-state index in [4.69, 9.17) is 22.9 Å². The van der Waals surface area contributed by atoms with Crippen molar-refractivity contribution in [2.24, 2.45) is 0 Å². The number of nitrogens with two attached hydrogens (primary N) is 4. The van der Waals surface area contributed by atoms with E-state index in [-0.39, 0.29) is 12.4 Å². The zero-order valence-electron chi connectivity index (χ0n) is 7.72. The van der Waals surface area contributed by atoms with E-state index in [9.17, 15) is 0 Å². The van der Waals surface area contributed by atoms with E-state index in [0.717, 1.165) is 11.1 Å². The van der Waals surface area contributed by atoms with Gasteiger partial charge in [-0.15, -0.1) is 12.4 Å². The molecule has 0 saturated heterocycles. The number of rotatable bonds is 0. The molecule has 0 fully saturated rings. The highest BCUT2D eigenvalue weighted by molar-refractivity contribution is 5.90. The van der Waals surface area contributed by atoms with E-state index >= 15 is 0 Å². The molecule has 74 valence electrons. The first-order valence-electron chi connectivity index (χ1n) is 3.65. The van der Waals surface area contributed by atoms with Crippen LogP contribution < -0.4 is 22.9 Å². The van der Waals surface area contributed by atoms with Crippen molar-refractivity contribution >= 4 is 35.2 Å². The van der Waals surface area contributed by atoms with Crippen LogP contribution in [0.15, 0.2) is 0 Å². The molecule has 0 radical (unpaired) electrons. The lowest BCUT2D eigenvalue weighted by molar-refractivity contribution is 1.35. The van der Waals surface area contributed by atoms with Gasteiger partial charge in [0, 0.05) is 0 Å². The minimum atomic E-state index is 0. The maximum absolute atomic E-state index is 5.69. The van der Waals surface area contributed by atoms with Crippen molar-refractivity contribution in [2.45, 2.75) is 13.8 Å². The zero-order valence-corrected chi connectivity index (χ0v) is 8.53. The number of hydrogen-bond acceptors (Lipinski definition) is 4. The van der Waals surface area contributed by atoms with Gasteiger partial charge in [0.2, 0.25) is 0 Å². The van der Waals surface area contributed by atoms with Crippen LogP contribution in [0.1, 0.15) is 11.1 Å². The van der Waals surface area contributed by atoms with Gasteiger partial charge >= 0.3 is 0 Å². The first-order valence-corrected chi connectivity index (χ1v) is 3.65. The summed E-state index contributed by atoms with van der Waals surface area (Å²) in [5, 5.41) is 0. The second-order valence-corrected chi connectivity index (χ2v) is 2.90. The molecule has 8 N–H and O–H groups in total. The van der Waals surface area contributed by atoms with Crippen molar-refractivity contribution in [3.63, 3.8) is 0 Å². The molecule has 5 heteroatoms. The Morgan fingerprint density at radius 2 is 0.846 bits per heavy atom. The lowest BCUT2D eigenvalue weighted by atomic mass is 10.0. The van der Waals surface area contributed by atoms with E-state index < -0.39 is 0 Å². The van der Waals surface area contributed by atoms with Crippen LogP contribution in [0, 0.1) is 13.8 Å². The number of anilines is 4. The molecule has 0 aromatic heterocycles. The topological polar surface area (TPSA) is 104 Å². The minimum Gasteiger partial charge on any atom is -0.397 e. The zero-order chi connectivity index (χ0) is 9.46. The van der Waals surface area contributed by atoms with Crippen LogP contribution in [0.4, 0.5) is 22.7 Å². The second-order valence-electron chi connectivity index (χ2n) is 2.90. The van der Waals surface area contributed by atoms with Gasteiger partial charge in [0.05, 0.1) is 22.7 Å². The number of hydrogen-bond donors (Lipinski definition) is 4. The van der Waals surface area contributed by atoms with Gasteiger partial charge in [-0.25, -0.2) is 0 Å². The summed E-state index contributed by atoms with van der Waals surface area (Å²) in [7, 11) is 0. The molecule has 0 saturated carbocycles. The van der Waals surface area contributed by atoms with Crippen molar-refractivity contribution in [3.05, 3.63) is 11.1 Å². The second kappa shape index (κ2) is 3.62. The van der Waals surface area contributed by atoms with Crippen LogP contribution in [0.25, 0.3) is 0 Å². The van der Waals surface area contributed by atoms with Gasteiger partial charge in [-0.2, -0.15) is 0 Å². The van der Waals surface area contributed by atoms with Crippen LogP contribution in [0.5, 0.6) is 0 Å². The summed E-state index contributed by atoms with van der Waals surface area (Å²) in [5.41, 5.74) is 26.3. The summed E-state index contributed by atoms with van der Waals surface area (Å²) in [6, 6.07) is 0. The third-order valence-corrected chi connectivity index (χ3v) is 2.24. The first-order chi connectivity index (χ1) is 5.46. The normalized spacial score (nSPS) is 9.38. The molecule has 0 unspecified atom stereocenters.